The molecule has 2 fully saturated rings. The molecule has 102 valence electrons. The SMILES string of the molecule is C[C@@H](NC(=O)C1CC12CCNCC2)c1cccnc1. The van der Waals surface area contributed by atoms with Gasteiger partial charge < -0.3 is 10.6 Å². The summed E-state index contributed by atoms with van der Waals surface area (Å²) in [5, 5.41) is 6.50. The van der Waals surface area contributed by atoms with Gasteiger partial charge in [0.25, 0.3) is 0 Å². The second-order valence-corrected chi connectivity index (χ2v) is 5.89. The number of hydrogen-bond donors (Lipinski definition) is 2. The molecule has 1 aromatic rings. The third-order valence-corrected chi connectivity index (χ3v) is 4.65. The first-order chi connectivity index (χ1) is 9.21. The Labute approximate surface area is 114 Å². The molecular weight excluding hydrogens is 238 g/mol. The van der Waals surface area contributed by atoms with Gasteiger partial charge in [-0.25, -0.2) is 0 Å². The Hall–Kier alpha value is -1.42. The number of carbonyl (C=O) groups excluding carboxylic acids is 1. The van der Waals surface area contributed by atoms with Gasteiger partial charge in [-0.3, -0.25) is 9.78 Å². The van der Waals surface area contributed by atoms with Gasteiger partial charge in [0.1, 0.15) is 0 Å². The van der Waals surface area contributed by atoms with Crippen molar-refractivity contribution in [1.82, 2.24) is 15.6 Å². The van der Waals surface area contributed by atoms with Crippen molar-refractivity contribution in [2.45, 2.75) is 32.2 Å². The van der Waals surface area contributed by atoms with Gasteiger partial charge in [0.2, 0.25) is 5.91 Å². The number of nitrogens with one attached hydrogen (secondary N) is 2. The summed E-state index contributed by atoms with van der Waals surface area (Å²) in [7, 11) is 0. The van der Waals surface area contributed by atoms with E-state index in [9.17, 15) is 4.79 Å². The summed E-state index contributed by atoms with van der Waals surface area (Å²) < 4.78 is 0. The molecule has 0 aromatic carbocycles. The molecule has 4 nitrogen and oxygen atoms in total. The van der Waals surface area contributed by atoms with E-state index in [-0.39, 0.29) is 17.9 Å². The summed E-state index contributed by atoms with van der Waals surface area (Å²) in [6.45, 7) is 4.14. The molecule has 1 amide bonds. The predicted octanol–water partition coefficient (Wildman–Crippen LogP) is 1.65. The Morgan fingerprint density at radius 1 is 1.53 bits per heavy atom. The third kappa shape index (κ3) is 2.50. The minimum absolute atomic E-state index is 0.0422. The van der Waals surface area contributed by atoms with E-state index in [0.29, 0.717) is 5.41 Å². The number of nitrogens with zero attached hydrogens (tertiary/aromatic N) is 1. The van der Waals surface area contributed by atoms with Gasteiger partial charge in [-0.2, -0.15) is 0 Å². The lowest BCUT2D eigenvalue weighted by atomic mass is 9.91. The van der Waals surface area contributed by atoms with Gasteiger partial charge in [-0.15, -0.1) is 0 Å². The Kier molecular flexibility index (Phi) is 3.27. The number of carbonyl (C=O) groups is 1. The molecule has 0 radical (unpaired) electrons. The first-order valence-electron chi connectivity index (χ1n) is 7.12. The van der Waals surface area contributed by atoms with Crippen LogP contribution < -0.4 is 10.6 Å². The molecule has 19 heavy (non-hydrogen) atoms. The first kappa shape index (κ1) is 12.6. The molecule has 3 rings (SSSR count). The minimum atomic E-state index is 0.0422. The van der Waals surface area contributed by atoms with Crippen LogP contribution in [0.1, 0.15) is 37.8 Å². The zero-order valence-corrected chi connectivity index (χ0v) is 11.4. The van der Waals surface area contributed by atoms with Crippen molar-refractivity contribution < 1.29 is 4.79 Å². The molecule has 1 aromatic heterocycles. The molecule has 2 heterocycles. The van der Waals surface area contributed by atoms with E-state index < -0.39 is 0 Å². The second-order valence-electron chi connectivity index (χ2n) is 5.89. The van der Waals surface area contributed by atoms with Crippen molar-refractivity contribution in [3.63, 3.8) is 0 Å². The van der Waals surface area contributed by atoms with Crippen molar-refractivity contribution in [2.75, 3.05) is 13.1 Å². The fourth-order valence-corrected chi connectivity index (χ4v) is 3.23. The summed E-state index contributed by atoms with van der Waals surface area (Å²) in [6.07, 6.45) is 6.93. The van der Waals surface area contributed by atoms with E-state index in [0.717, 1.165) is 37.9 Å². The van der Waals surface area contributed by atoms with Crippen molar-refractivity contribution in [3.05, 3.63) is 30.1 Å². The van der Waals surface area contributed by atoms with Crippen LogP contribution in [0.25, 0.3) is 0 Å². The molecule has 1 unspecified atom stereocenters. The average molecular weight is 259 g/mol. The largest absolute Gasteiger partial charge is 0.349 e. The fourth-order valence-electron chi connectivity index (χ4n) is 3.23. The van der Waals surface area contributed by atoms with Crippen LogP contribution >= 0.6 is 0 Å². The molecule has 1 saturated carbocycles. The molecule has 0 bridgehead atoms. The van der Waals surface area contributed by atoms with Gasteiger partial charge in [0.05, 0.1) is 6.04 Å². The highest BCUT2D eigenvalue weighted by Gasteiger charge is 2.57. The minimum Gasteiger partial charge on any atom is -0.349 e. The summed E-state index contributed by atoms with van der Waals surface area (Å²) in [5.41, 5.74) is 1.38. The summed E-state index contributed by atoms with van der Waals surface area (Å²) in [6, 6.07) is 3.95. The lowest BCUT2D eigenvalue weighted by Gasteiger charge is -2.23. The van der Waals surface area contributed by atoms with Gasteiger partial charge in [0.15, 0.2) is 0 Å². The number of pyridine rings is 1. The molecule has 1 spiro atoms. The Balaban J connectivity index is 1.58. The standard InChI is InChI=1S/C15H21N3O/c1-11(12-3-2-6-17-10-12)18-14(19)13-9-15(13)4-7-16-8-5-15/h2-3,6,10-11,13,16H,4-5,7-9H2,1H3,(H,18,19)/t11-,13?/m1/s1. The van der Waals surface area contributed by atoms with Crippen LogP contribution in [0.2, 0.25) is 0 Å². The highest BCUT2D eigenvalue weighted by Crippen LogP contribution is 2.58. The van der Waals surface area contributed by atoms with Crippen LogP contribution in [0.5, 0.6) is 0 Å². The van der Waals surface area contributed by atoms with E-state index >= 15 is 0 Å². The van der Waals surface area contributed by atoms with Crippen LogP contribution in [0.3, 0.4) is 0 Å². The van der Waals surface area contributed by atoms with E-state index in [4.69, 9.17) is 0 Å². The fraction of sp³-hybridized carbons (Fsp3) is 0.600. The Bertz CT molecular complexity index is 454. The molecule has 2 aliphatic rings. The zero-order valence-electron chi connectivity index (χ0n) is 11.4. The molecule has 1 aliphatic heterocycles. The normalized spacial score (nSPS) is 25.8. The van der Waals surface area contributed by atoms with E-state index in [2.05, 4.69) is 15.6 Å². The highest BCUT2D eigenvalue weighted by molar-refractivity contribution is 5.83. The van der Waals surface area contributed by atoms with Gasteiger partial charge in [0, 0.05) is 18.3 Å². The van der Waals surface area contributed by atoms with Crippen molar-refractivity contribution in [3.8, 4) is 0 Å². The van der Waals surface area contributed by atoms with Crippen molar-refractivity contribution in [2.24, 2.45) is 11.3 Å². The number of amides is 1. The molecule has 1 aliphatic carbocycles. The average Bonchev–Trinajstić information content (AvgIpc) is 3.14. The van der Waals surface area contributed by atoms with Gasteiger partial charge in [-0.1, -0.05) is 6.07 Å². The van der Waals surface area contributed by atoms with Gasteiger partial charge >= 0.3 is 0 Å². The molecule has 1 saturated heterocycles. The number of piperidine rings is 1. The topological polar surface area (TPSA) is 54.0 Å². The van der Waals surface area contributed by atoms with E-state index in [1.54, 1.807) is 6.20 Å². The maximum Gasteiger partial charge on any atom is 0.224 e. The summed E-state index contributed by atoms with van der Waals surface area (Å²) >= 11 is 0. The maximum atomic E-state index is 12.3. The Morgan fingerprint density at radius 3 is 3.00 bits per heavy atom. The summed E-state index contributed by atoms with van der Waals surface area (Å²) in [5.74, 6) is 0.451. The van der Waals surface area contributed by atoms with Gasteiger partial charge in [-0.05, 0) is 56.3 Å². The van der Waals surface area contributed by atoms with Crippen LogP contribution in [-0.4, -0.2) is 24.0 Å². The Morgan fingerprint density at radius 2 is 2.32 bits per heavy atom. The second kappa shape index (κ2) is 4.93. The molecule has 2 N–H and O–H groups in total. The van der Waals surface area contributed by atoms with Crippen LogP contribution in [0.4, 0.5) is 0 Å². The van der Waals surface area contributed by atoms with E-state index in [1.807, 2.05) is 25.3 Å². The monoisotopic (exact) mass is 259 g/mol. The van der Waals surface area contributed by atoms with Crippen LogP contribution in [0, 0.1) is 11.3 Å². The highest BCUT2D eigenvalue weighted by atomic mass is 16.2. The van der Waals surface area contributed by atoms with E-state index in [1.165, 1.54) is 0 Å². The van der Waals surface area contributed by atoms with Crippen molar-refractivity contribution in [1.29, 1.82) is 0 Å². The smallest absolute Gasteiger partial charge is 0.224 e. The van der Waals surface area contributed by atoms with Crippen LogP contribution in [0.15, 0.2) is 24.5 Å². The van der Waals surface area contributed by atoms with Crippen LogP contribution in [-0.2, 0) is 4.79 Å². The predicted molar refractivity (Wildman–Crippen MR) is 73.4 cm³/mol. The molecule has 2 atom stereocenters. The lowest BCUT2D eigenvalue weighted by Crippen LogP contribution is -2.34. The maximum absolute atomic E-state index is 12.3. The quantitative estimate of drug-likeness (QED) is 0.868. The lowest BCUT2D eigenvalue weighted by molar-refractivity contribution is -0.123. The number of hydrogen-bond acceptors (Lipinski definition) is 3. The summed E-state index contributed by atoms with van der Waals surface area (Å²) in [4.78, 5) is 16.4. The zero-order chi connectivity index (χ0) is 13.3. The first-order valence-corrected chi connectivity index (χ1v) is 7.12. The van der Waals surface area contributed by atoms with Crippen molar-refractivity contribution >= 4 is 5.91 Å². The molecule has 4 heteroatoms. The number of rotatable bonds is 3. The number of aromatic nitrogens is 1. The molecular formula is C15H21N3O. The third-order valence-electron chi connectivity index (χ3n) is 4.65.